The van der Waals surface area contributed by atoms with E-state index in [4.69, 9.17) is 0 Å². The number of thiazole rings is 1. The SMILES string of the molecule is CC1Cn2c(-c3ccc(F)c(F)c3)nc(C(=O)N[C@H](C(=O)N(C)C)C(C)(C)C)c2CN1C.CC1Cn2c(-c3ccc(F)c(F)c3)nc(C(=O)N[C@H](C(=O)N3CCC3)C(C)(C)C)c2CN1C.CC1Cn2c(-c3ccc(F)c(F)c3)nc(C(=O)N[C@H](CO)C(C)(C)C)c2CN1C.CNC(=O)[C@@H](NC(=O)c1nc(-c2nccs2)n2c1CN(C)C(C)C2)C(C)(C)C. The van der Waals surface area contributed by atoms with Crippen molar-refractivity contribution >= 4 is 52.7 Å². The Labute approximate surface area is 713 Å². The number of aromatic nitrogens is 9. The van der Waals surface area contributed by atoms with Crippen LogP contribution in [0.5, 0.6) is 0 Å². The summed E-state index contributed by atoms with van der Waals surface area (Å²) in [5.74, 6) is -5.93. The zero-order valence-electron chi connectivity index (χ0n) is 74.1. The summed E-state index contributed by atoms with van der Waals surface area (Å²) in [5, 5.41) is 26.6. The first-order valence-corrected chi connectivity index (χ1v) is 41.8. The highest BCUT2D eigenvalue weighted by Crippen LogP contribution is 2.37. The van der Waals surface area contributed by atoms with Crippen molar-refractivity contribution in [3.8, 4) is 45.0 Å². The zero-order chi connectivity index (χ0) is 90.2. The first kappa shape index (κ1) is 94.1. The number of carbonyl (C=O) groups excluding carboxylic acids is 7. The number of amides is 7. The maximum absolute atomic E-state index is 14.0. The average molecular weight is 1720 g/mol. The number of fused-ring (bicyclic) bond motifs is 4. The van der Waals surface area contributed by atoms with Crippen LogP contribution in [0.25, 0.3) is 45.0 Å². The van der Waals surface area contributed by atoms with Crippen LogP contribution in [0.3, 0.4) is 0 Å². The number of aliphatic hydroxyl groups excluding tert-OH is 1. The molecule has 0 saturated carbocycles. The van der Waals surface area contributed by atoms with Crippen molar-refractivity contribution in [2.24, 2.45) is 21.7 Å². The van der Waals surface area contributed by atoms with Gasteiger partial charge in [-0.05, 0) is 139 Å². The van der Waals surface area contributed by atoms with Crippen LogP contribution >= 0.6 is 11.3 Å². The lowest BCUT2D eigenvalue weighted by Crippen LogP contribution is -2.57. The summed E-state index contributed by atoms with van der Waals surface area (Å²) in [6.07, 6.45) is 2.70. The lowest BCUT2D eigenvalue weighted by molar-refractivity contribution is -0.139. The molecule has 28 nitrogen and oxygen atoms in total. The van der Waals surface area contributed by atoms with Crippen molar-refractivity contribution in [2.45, 2.75) is 218 Å². The number of carbonyl (C=O) groups is 7. The van der Waals surface area contributed by atoms with Crippen LogP contribution in [0.1, 0.15) is 182 Å². The van der Waals surface area contributed by atoms with E-state index in [1.165, 1.54) is 34.4 Å². The van der Waals surface area contributed by atoms with Gasteiger partial charge in [-0.1, -0.05) is 83.1 Å². The number of halogens is 6. The van der Waals surface area contributed by atoms with Crippen LogP contribution in [0.4, 0.5) is 26.3 Å². The molecule has 1 fully saturated rings. The molecule has 0 spiro atoms. The largest absolute Gasteiger partial charge is 0.394 e. The molecule has 0 aliphatic carbocycles. The van der Waals surface area contributed by atoms with E-state index in [0.29, 0.717) is 128 Å². The van der Waals surface area contributed by atoms with Crippen LogP contribution < -0.4 is 26.6 Å². The molecule has 662 valence electrons. The smallest absolute Gasteiger partial charge is 0.272 e. The summed E-state index contributed by atoms with van der Waals surface area (Å²) < 4.78 is 89.9. The van der Waals surface area contributed by atoms with Gasteiger partial charge in [-0.3, -0.25) is 53.2 Å². The van der Waals surface area contributed by atoms with E-state index in [9.17, 15) is 65.0 Å². The van der Waals surface area contributed by atoms with Gasteiger partial charge in [0.2, 0.25) is 17.7 Å². The molecule has 6 N–H and O–H groups in total. The molecule has 8 aromatic rings. The number of hydrogen-bond acceptors (Lipinski definition) is 18. The number of rotatable bonds is 16. The van der Waals surface area contributed by atoms with Gasteiger partial charge in [-0.25, -0.2) is 51.3 Å². The summed E-state index contributed by atoms with van der Waals surface area (Å²) in [5.41, 5.74) is 3.35. The lowest BCUT2D eigenvalue weighted by Gasteiger charge is -2.39. The Morgan fingerprint density at radius 3 is 1.07 bits per heavy atom. The molecular weight excluding hydrogens is 1600 g/mol. The van der Waals surface area contributed by atoms with Crippen molar-refractivity contribution in [3.63, 3.8) is 0 Å². The standard InChI is InChI=1S/C24H31F2N5O2.C23H31F2N5O2.C21H28F2N4O2.C19H28N6O2S/c1-14-12-31-18(13-29(14)5)19(27-21(31)15-7-8-16(25)17(26)11-15)22(32)28-20(24(2,3)4)23(33)30-9-6-10-30;1-13-11-30-17(12-29(13)7)18(26-20(30)14-8-9-15(24)16(25)10-14)21(31)27-19(23(2,3)4)22(32)28(5)6;1-12-9-27-16(10-26(12)5)18(20(29)24-17(11-28)21(2,3)4)25-19(27)13-6-7-14(22)15(23)8-13;1-11-9-25-12(10-24(11)6)13(22-15(25)18-21-7-8-28-18)16(26)23-14(17(27)20-5)19(2,3)4/h7-8,11,14,20H,6,9-10,12-13H2,1-5H3,(H,28,32);8-10,13,19H,11-12H2,1-7H3,(H,27,31);6-8,12,17,28H,9-11H2,1-5H3,(H,24,29);7-8,11,14H,9-10H2,1-6H3,(H,20,27)(H,23,26)/t14?,20-;13?,19-;12?,17-;11?,14-/m1111/s1. The number of nitrogens with zero attached hydrogens (tertiary/aromatic N) is 15. The molecule has 35 heteroatoms. The maximum Gasteiger partial charge on any atom is 0.272 e. The minimum atomic E-state index is -0.976. The van der Waals surface area contributed by atoms with Gasteiger partial charge in [0.1, 0.15) is 35.6 Å². The molecule has 7 amide bonds. The number of benzene rings is 3. The molecule has 122 heavy (non-hydrogen) atoms. The third kappa shape index (κ3) is 20.8. The summed E-state index contributed by atoms with van der Waals surface area (Å²) in [7, 11) is 12.8. The van der Waals surface area contributed by atoms with E-state index in [2.05, 4.69) is 96.4 Å². The zero-order valence-corrected chi connectivity index (χ0v) is 75.0. The summed E-state index contributed by atoms with van der Waals surface area (Å²) in [6, 6.07) is 9.12. The first-order valence-electron chi connectivity index (χ1n) is 40.9. The molecule has 3 aromatic carbocycles. The Balaban J connectivity index is 0.000000171. The van der Waals surface area contributed by atoms with Crippen LogP contribution in [-0.2, 0) is 66.7 Å². The van der Waals surface area contributed by atoms with Gasteiger partial charge >= 0.3 is 0 Å². The summed E-state index contributed by atoms with van der Waals surface area (Å²) >= 11 is 1.50. The van der Waals surface area contributed by atoms with E-state index in [1.54, 1.807) is 32.2 Å². The van der Waals surface area contributed by atoms with E-state index >= 15 is 0 Å². The van der Waals surface area contributed by atoms with Crippen molar-refractivity contribution in [1.29, 1.82) is 0 Å². The fourth-order valence-corrected chi connectivity index (χ4v) is 15.4. The lowest BCUT2D eigenvalue weighted by atomic mass is 9.85. The Morgan fingerprint density at radius 2 is 0.787 bits per heavy atom. The highest BCUT2D eigenvalue weighted by atomic mass is 32.1. The molecule has 5 aliphatic rings. The van der Waals surface area contributed by atoms with Crippen LogP contribution in [0, 0.1) is 56.6 Å². The van der Waals surface area contributed by atoms with Gasteiger partial charge in [0.05, 0.1) is 35.4 Å². The van der Waals surface area contributed by atoms with E-state index in [1.807, 2.05) is 137 Å². The Bertz CT molecular complexity index is 5180. The number of likely N-dealkylation sites (N-methyl/N-ethyl adjacent to an activating group) is 6. The van der Waals surface area contributed by atoms with Gasteiger partial charge < -0.3 is 59.8 Å². The van der Waals surface area contributed by atoms with Crippen LogP contribution in [0.2, 0.25) is 0 Å². The molecule has 5 aromatic heterocycles. The monoisotopic (exact) mass is 1720 g/mol. The van der Waals surface area contributed by atoms with Crippen molar-refractivity contribution in [3.05, 3.63) is 147 Å². The number of likely N-dealkylation sites (tertiary alicyclic amines) is 1. The van der Waals surface area contributed by atoms with Crippen LogP contribution in [-0.4, -0.2) is 236 Å². The Morgan fingerprint density at radius 1 is 0.467 bits per heavy atom. The van der Waals surface area contributed by atoms with Gasteiger partial charge in [0.15, 0.2) is 68.5 Å². The number of nitrogens with one attached hydrogen (secondary N) is 5. The second-order valence-electron chi connectivity index (χ2n) is 37.1. The fraction of sp³-hybridized carbons (Fsp3) is 0.540. The normalized spacial score (nSPS) is 18.5. The number of imidazole rings is 4. The summed E-state index contributed by atoms with van der Waals surface area (Å²) in [6.45, 7) is 36.9. The van der Waals surface area contributed by atoms with Crippen molar-refractivity contribution in [2.75, 3.05) is 69.0 Å². The Hall–Kier alpha value is -10.2. The van der Waals surface area contributed by atoms with E-state index in [0.717, 1.165) is 60.1 Å². The van der Waals surface area contributed by atoms with E-state index < -0.39 is 87.1 Å². The van der Waals surface area contributed by atoms with Crippen LogP contribution in [0.15, 0.2) is 66.2 Å². The third-order valence-corrected chi connectivity index (χ3v) is 24.0. The van der Waals surface area contributed by atoms with Gasteiger partial charge in [0, 0.05) is 139 Å². The van der Waals surface area contributed by atoms with Gasteiger partial charge in [-0.15, -0.1) is 11.3 Å². The number of hydrogen-bond donors (Lipinski definition) is 6. The minimum absolute atomic E-state index is 0.0956. The van der Waals surface area contributed by atoms with Crippen molar-refractivity contribution < 1.29 is 65.0 Å². The predicted molar refractivity (Wildman–Crippen MR) is 454 cm³/mol. The molecule has 8 atom stereocenters. The molecule has 10 heterocycles. The van der Waals surface area contributed by atoms with Crippen molar-refractivity contribution in [1.82, 2.24) is 99.2 Å². The Kier molecular flexibility index (Phi) is 28.9. The summed E-state index contributed by atoms with van der Waals surface area (Å²) in [4.78, 5) is 125. The maximum atomic E-state index is 14.0. The van der Waals surface area contributed by atoms with Gasteiger partial charge in [-0.2, -0.15) is 0 Å². The topological polar surface area (TPSA) is 303 Å². The predicted octanol–water partition coefficient (Wildman–Crippen LogP) is 10.5. The first-order chi connectivity index (χ1) is 56.9. The highest BCUT2D eigenvalue weighted by Gasteiger charge is 2.43. The molecule has 5 aliphatic heterocycles. The molecular formula is C87H118F6N20O8S. The average Bonchev–Trinajstić information content (AvgIpc) is 1.63. The van der Waals surface area contributed by atoms with E-state index in [-0.39, 0.29) is 76.8 Å². The fourth-order valence-electron chi connectivity index (χ4n) is 14.8. The third-order valence-electron chi connectivity index (χ3n) is 23.3. The highest BCUT2D eigenvalue weighted by molar-refractivity contribution is 7.13. The second-order valence-corrected chi connectivity index (χ2v) is 38.0. The quantitative estimate of drug-likeness (QED) is 0.0490. The molecule has 4 unspecified atom stereocenters. The molecule has 0 radical (unpaired) electrons. The molecule has 1 saturated heterocycles. The molecule has 0 bridgehead atoms. The number of aliphatic hydroxyl groups is 1. The molecule has 13 rings (SSSR count). The minimum Gasteiger partial charge on any atom is -0.394 e. The van der Waals surface area contributed by atoms with Gasteiger partial charge in [0.25, 0.3) is 23.6 Å². The second kappa shape index (κ2) is 37.5.